The summed E-state index contributed by atoms with van der Waals surface area (Å²) in [6.45, 7) is 3.56. The normalized spacial score (nSPS) is 20.0. The highest BCUT2D eigenvalue weighted by atomic mass is 16.6. The van der Waals surface area contributed by atoms with Gasteiger partial charge >= 0.3 is 0 Å². The monoisotopic (exact) mass is 408 g/mol. The standard InChI is InChI=1S/C24H28N2O4/c27-23(17-26-11-12-28-20-6-2-1-5-18(20)16-26)25-24(9-3-4-10-24)19-7-8-21-22(15-19)30-14-13-29-21/h1-2,5-8,15H,3-4,9-14,16-17H2,(H,25,27). The number of carbonyl (C=O) groups is 1. The van der Waals surface area contributed by atoms with Crippen LogP contribution in [-0.4, -0.2) is 43.7 Å². The summed E-state index contributed by atoms with van der Waals surface area (Å²) in [5, 5.41) is 3.39. The molecule has 0 aromatic heterocycles. The van der Waals surface area contributed by atoms with Gasteiger partial charge in [0, 0.05) is 18.7 Å². The predicted molar refractivity (Wildman–Crippen MR) is 113 cm³/mol. The van der Waals surface area contributed by atoms with Crippen LogP contribution in [0, 0.1) is 0 Å². The molecule has 0 spiro atoms. The Morgan fingerprint density at radius 1 is 0.933 bits per heavy atom. The molecular formula is C24H28N2O4. The fourth-order valence-corrected chi connectivity index (χ4v) is 4.83. The lowest BCUT2D eigenvalue weighted by molar-refractivity contribution is -0.124. The van der Waals surface area contributed by atoms with E-state index in [0.717, 1.165) is 67.1 Å². The minimum absolute atomic E-state index is 0.0613. The van der Waals surface area contributed by atoms with Crippen molar-refractivity contribution in [2.75, 3.05) is 32.9 Å². The average molecular weight is 408 g/mol. The molecule has 0 saturated heterocycles. The Morgan fingerprint density at radius 2 is 1.70 bits per heavy atom. The van der Waals surface area contributed by atoms with Crippen LogP contribution in [0.5, 0.6) is 17.2 Å². The van der Waals surface area contributed by atoms with Crippen molar-refractivity contribution in [1.82, 2.24) is 10.2 Å². The van der Waals surface area contributed by atoms with Crippen LogP contribution in [-0.2, 0) is 16.9 Å². The van der Waals surface area contributed by atoms with E-state index in [-0.39, 0.29) is 11.4 Å². The number of rotatable bonds is 4. The molecule has 30 heavy (non-hydrogen) atoms. The van der Waals surface area contributed by atoms with Crippen molar-refractivity contribution < 1.29 is 19.0 Å². The molecule has 3 aliphatic rings. The fraction of sp³-hybridized carbons (Fsp3) is 0.458. The van der Waals surface area contributed by atoms with Gasteiger partial charge in [0.25, 0.3) is 0 Å². The molecule has 2 aromatic rings. The van der Waals surface area contributed by atoms with Gasteiger partial charge < -0.3 is 19.5 Å². The Hall–Kier alpha value is -2.73. The van der Waals surface area contributed by atoms with Crippen molar-refractivity contribution in [3.05, 3.63) is 53.6 Å². The topological polar surface area (TPSA) is 60.0 Å². The van der Waals surface area contributed by atoms with Crippen LogP contribution in [0.2, 0.25) is 0 Å². The first kappa shape index (κ1) is 19.2. The summed E-state index contributed by atoms with van der Waals surface area (Å²) in [4.78, 5) is 15.3. The van der Waals surface area contributed by atoms with Crippen molar-refractivity contribution in [1.29, 1.82) is 0 Å². The highest BCUT2D eigenvalue weighted by Crippen LogP contribution is 2.42. The van der Waals surface area contributed by atoms with Gasteiger partial charge in [0.1, 0.15) is 25.6 Å². The lowest BCUT2D eigenvalue weighted by atomic mass is 9.87. The van der Waals surface area contributed by atoms with Gasteiger partial charge in [0.15, 0.2) is 11.5 Å². The molecule has 2 heterocycles. The van der Waals surface area contributed by atoms with Gasteiger partial charge in [0.2, 0.25) is 5.91 Å². The minimum atomic E-state index is -0.326. The first-order valence-electron chi connectivity index (χ1n) is 10.9. The van der Waals surface area contributed by atoms with Gasteiger partial charge in [-0.3, -0.25) is 9.69 Å². The molecule has 0 unspecified atom stereocenters. The van der Waals surface area contributed by atoms with Crippen LogP contribution in [0.4, 0.5) is 0 Å². The molecule has 0 radical (unpaired) electrons. The van der Waals surface area contributed by atoms with Gasteiger partial charge in [-0.2, -0.15) is 0 Å². The summed E-state index contributed by atoms with van der Waals surface area (Å²) < 4.78 is 17.3. The number of benzene rings is 2. The van der Waals surface area contributed by atoms with E-state index in [0.29, 0.717) is 26.4 Å². The average Bonchev–Trinajstić information content (AvgIpc) is 3.14. The number of fused-ring (bicyclic) bond motifs is 2. The molecule has 158 valence electrons. The fourth-order valence-electron chi connectivity index (χ4n) is 4.83. The predicted octanol–water partition coefficient (Wildman–Crippen LogP) is 3.24. The first-order chi connectivity index (χ1) is 14.7. The maximum absolute atomic E-state index is 13.1. The van der Waals surface area contributed by atoms with Crippen LogP contribution in [0.15, 0.2) is 42.5 Å². The summed E-state index contributed by atoms with van der Waals surface area (Å²) in [6.07, 6.45) is 4.12. The zero-order valence-corrected chi connectivity index (χ0v) is 17.2. The van der Waals surface area contributed by atoms with Crippen molar-refractivity contribution in [2.24, 2.45) is 0 Å². The zero-order valence-electron chi connectivity index (χ0n) is 17.2. The van der Waals surface area contributed by atoms with Crippen molar-refractivity contribution in [3.8, 4) is 17.2 Å². The smallest absolute Gasteiger partial charge is 0.234 e. The lowest BCUT2D eigenvalue weighted by Gasteiger charge is -2.33. The third-order valence-corrected chi connectivity index (χ3v) is 6.33. The second-order valence-corrected chi connectivity index (χ2v) is 8.36. The SMILES string of the molecule is O=C(CN1CCOc2ccccc2C1)NC1(c2ccc3c(c2)OCCO3)CCCC1. The van der Waals surface area contributed by atoms with E-state index in [1.807, 2.05) is 24.3 Å². The van der Waals surface area contributed by atoms with E-state index in [1.54, 1.807) is 0 Å². The van der Waals surface area contributed by atoms with E-state index in [1.165, 1.54) is 0 Å². The number of para-hydroxylation sites is 1. The molecule has 1 amide bonds. The number of hydrogen-bond acceptors (Lipinski definition) is 5. The summed E-state index contributed by atoms with van der Waals surface area (Å²) in [7, 11) is 0. The molecule has 6 heteroatoms. The summed E-state index contributed by atoms with van der Waals surface area (Å²) in [6, 6.07) is 14.2. The molecule has 2 aliphatic heterocycles. The van der Waals surface area contributed by atoms with Crippen molar-refractivity contribution in [2.45, 2.75) is 37.8 Å². The molecule has 1 aliphatic carbocycles. The lowest BCUT2D eigenvalue weighted by Crippen LogP contribution is -2.48. The molecule has 1 fully saturated rings. The van der Waals surface area contributed by atoms with Gasteiger partial charge in [-0.25, -0.2) is 0 Å². The van der Waals surface area contributed by atoms with Gasteiger partial charge in [-0.15, -0.1) is 0 Å². The van der Waals surface area contributed by atoms with Crippen LogP contribution < -0.4 is 19.5 Å². The number of nitrogens with one attached hydrogen (secondary N) is 1. The third kappa shape index (κ3) is 3.84. The van der Waals surface area contributed by atoms with E-state index in [4.69, 9.17) is 14.2 Å². The molecule has 1 saturated carbocycles. The Morgan fingerprint density at radius 3 is 2.57 bits per heavy atom. The Kier molecular flexibility index (Phi) is 5.25. The van der Waals surface area contributed by atoms with E-state index < -0.39 is 0 Å². The van der Waals surface area contributed by atoms with Crippen LogP contribution in [0.25, 0.3) is 0 Å². The highest BCUT2D eigenvalue weighted by Gasteiger charge is 2.38. The number of carbonyl (C=O) groups excluding carboxylic acids is 1. The van der Waals surface area contributed by atoms with Gasteiger partial charge in [-0.1, -0.05) is 37.1 Å². The van der Waals surface area contributed by atoms with E-state index in [2.05, 4.69) is 28.4 Å². The number of nitrogens with zero attached hydrogens (tertiary/aromatic N) is 1. The first-order valence-corrected chi connectivity index (χ1v) is 10.9. The Balaban J connectivity index is 1.31. The molecular weight excluding hydrogens is 380 g/mol. The number of hydrogen-bond donors (Lipinski definition) is 1. The molecule has 1 N–H and O–H groups in total. The molecule has 0 atom stereocenters. The number of ether oxygens (including phenoxy) is 3. The minimum Gasteiger partial charge on any atom is -0.492 e. The van der Waals surface area contributed by atoms with Gasteiger partial charge in [0.05, 0.1) is 12.1 Å². The second-order valence-electron chi connectivity index (χ2n) is 8.36. The van der Waals surface area contributed by atoms with Crippen LogP contribution in [0.1, 0.15) is 36.8 Å². The zero-order chi connectivity index (χ0) is 20.4. The van der Waals surface area contributed by atoms with E-state index >= 15 is 0 Å². The highest BCUT2D eigenvalue weighted by molar-refractivity contribution is 5.79. The van der Waals surface area contributed by atoms with Crippen molar-refractivity contribution in [3.63, 3.8) is 0 Å². The Labute approximate surface area is 177 Å². The van der Waals surface area contributed by atoms with Crippen LogP contribution in [0.3, 0.4) is 0 Å². The van der Waals surface area contributed by atoms with E-state index in [9.17, 15) is 4.79 Å². The Bertz CT molecular complexity index is 923. The third-order valence-electron chi connectivity index (χ3n) is 6.33. The summed E-state index contributed by atoms with van der Waals surface area (Å²) >= 11 is 0. The molecule has 5 rings (SSSR count). The molecule has 2 aromatic carbocycles. The largest absolute Gasteiger partial charge is 0.492 e. The second kappa shape index (κ2) is 8.19. The van der Waals surface area contributed by atoms with Gasteiger partial charge in [-0.05, 0) is 36.6 Å². The van der Waals surface area contributed by atoms with Crippen LogP contribution >= 0.6 is 0 Å². The molecule has 6 nitrogen and oxygen atoms in total. The van der Waals surface area contributed by atoms with Crippen molar-refractivity contribution >= 4 is 5.91 Å². The maximum atomic E-state index is 13.1. The maximum Gasteiger partial charge on any atom is 0.234 e. The summed E-state index contributed by atoms with van der Waals surface area (Å²) in [5.41, 5.74) is 1.92. The summed E-state index contributed by atoms with van der Waals surface area (Å²) in [5.74, 6) is 2.54. The number of amides is 1. The molecule has 0 bridgehead atoms. The quantitative estimate of drug-likeness (QED) is 0.842.